The van der Waals surface area contributed by atoms with Crippen molar-refractivity contribution < 1.29 is 14.3 Å². The first-order valence-corrected chi connectivity index (χ1v) is 11.3. The third kappa shape index (κ3) is 7.44. The normalized spacial score (nSPS) is 15.2. The van der Waals surface area contributed by atoms with Crippen LogP contribution < -0.4 is 14.8 Å². The fourth-order valence-corrected chi connectivity index (χ4v) is 3.73. The second kappa shape index (κ2) is 12.2. The molecule has 166 valence electrons. The molecule has 2 aromatic rings. The van der Waals surface area contributed by atoms with Crippen LogP contribution in [0.15, 0.2) is 54.6 Å². The zero-order valence-corrected chi connectivity index (χ0v) is 18.7. The van der Waals surface area contributed by atoms with Crippen LogP contribution >= 0.6 is 0 Å². The molecule has 1 aliphatic rings. The summed E-state index contributed by atoms with van der Waals surface area (Å²) in [7, 11) is 0. The minimum atomic E-state index is -0.0502. The first-order valence-electron chi connectivity index (χ1n) is 11.3. The molecule has 5 heteroatoms. The molecule has 0 aromatic heterocycles. The second-order valence-electron chi connectivity index (χ2n) is 7.87. The molecule has 1 N–H and O–H groups in total. The van der Waals surface area contributed by atoms with Crippen LogP contribution in [0.1, 0.15) is 44.2 Å². The van der Waals surface area contributed by atoms with Gasteiger partial charge < -0.3 is 14.8 Å². The lowest BCUT2D eigenvalue weighted by atomic mass is 10.0. The molecule has 0 unspecified atom stereocenters. The van der Waals surface area contributed by atoms with E-state index >= 15 is 0 Å². The van der Waals surface area contributed by atoms with Crippen LogP contribution in [0.2, 0.25) is 0 Å². The SMILES string of the molecule is CCCOc1ccc(/C=C/C(=O)NC2CCN(Cc3ccccc3)CC2)cc1OCC. The van der Waals surface area contributed by atoms with E-state index in [0.29, 0.717) is 19.0 Å². The largest absolute Gasteiger partial charge is 0.490 e. The van der Waals surface area contributed by atoms with E-state index in [1.165, 1.54) is 5.56 Å². The molecule has 31 heavy (non-hydrogen) atoms. The number of rotatable bonds is 10. The lowest BCUT2D eigenvalue weighted by Crippen LogP contribution is -2.43. The number of nitrogens with one attached hydrogen (secondary N) is 1. The smallest absolute Gasteiger partial charge is 0.244 e. The van der Waals surface area contributed by atoms with E-state index in [-0.39, 0.29) is 11.9 Å². The van der Waals surface area contributed by atoms with Gasteiger partial charge >= 0.3 is 0 Å². The lowest BCUT2D eigenvalue weighted by molar-refractivity contribution is -0.117. The molecule has 0 atom stereocenters. The molecule has 1 fully saturated rings. The fraction of sp³-hybridized carbons (Fsp3) is 0.423. The molecular weight excluding hydrogens is 388 g/mol. The van der Waals surface area contributed by atoms with Crippen molar-refractivity contribution in [3.8, 4) is 11.5 Å². The van der Waals surface area contributed by atoms with Crippen molar-refractivity contribution in [1.29, 1.82) is 0 Å². The van der Waals surface area contributed by atoms with Gasteiger partial charge in [0, 0.05) is 31.8 Å². The third-order valence-electron chi connectivity index (χ3n) is 5.34. The third-order valence-corrected chi connectivity index (χ3v) is 5.34. The zero-order chi connectivity index (χ0) is 21.9. The summed E-state index contributed by atoms with van der Waals surface area (Å²) in [5, 5.41) is 3.14. The molecule has 0 spiro atoms. The molecule has 1 aliphatic heterocycles. The predicted molar refractivity (Wildman–Crippen MR) is 125 cm³/mol. The summed E-state index contributed by atoms with van der Waals surface area (Å²) in [6.45, 7) is 8.22. The van der Waals surface area contributed by atoms with E-state index in [1.807, 2.05) is 37.3 Å². The maximum absolute atomic E-state index is 12.4. The van der Waals surface area contributed by atoms with Gasteiger partial charge in [0.15, 0.2) is 11.5 Å². The summed E-state index contributed by atoms with van der Waals surface area (Å²) >= 11 is 0. The Bertz CT molecular complexity index is 843. The van der Waals surface area contributed by atoms with Gasteiger partial charge in [0.2, 0.25) is 5.91 Å². The number of likely N-dealkylation sites (tertiary alicyclic amines) is 1. The fourth-order valence-electron chi connectivity index (χ4n) is 3.73. The van der Waals surface area contributed by atoms with Crippen molar-refractivity contribution in [3.05, 3.63) is 65.7 Å². The molecule has 3 rings (SSSR count). The molecule has 1 heterocycles. The van der Waals surface area contributed by atoms with Crippen molar-refractivity contribution in [2.45, 2.75) is 45.7 Å². The van der Waals surface area contributed by atoms with Gasteiger partial charge in [-0.05, 0) is 55.5 Å². The van der Waals surface area contributed by atoms with Crippen molar-refractivity contribution in [3.63, 3.8) is 0 Å². The van der Waals surface area contributed by atoms with Crippen LogP contribution in [-0.2, 0) is 11.3 Å². The Hall–Kier alpha value is -2.79. The van der Waals surface area contributed by atoms with E-state index in [4.69, 9.17) is 9.47 Å². The Labute approximate surface area is 186 Å². The standard InChI is InChI=1S/C26H34N2O3/c1-3-18-31-24-12-10-21(19-25(24)30-4-2)11-13-26(29)27-23-14-16-28(17-15-23)20-22-8-6-5-7-9-22/h5-13,19,23H,3-4,14-18,20H2,1-2H3,(H,27,29)/b13-11+. The van der Waals surface area contributed by atoms with Gasteiger partial charge in [0.1, 0.15) is 0 Å². The number of ether oxygens (including phenoxy) is 2. The number of nitrogens with zero attached hydrogens (tertiary/aromatic N) is 1. The highest BCUT2D eigenvalue weighted by atomic mass is 16.5. The quantitative estimate of drug-likeness (QED) is 0.566. The highest BCUT2D eigenvalue weighted by Crippen LogP contribution is 2.29. The van der Waals surface area contributed by atoms with Crippen molar-refractivity contribution in [2.75, 3.05) is 26.3 Å². The molecule has 5 nitrogen and oxygen atoms in total. The first-order chi connectivity index (χ1) is 15.2. The van der Waals surface area contributed by atoms with Gasteiger partial charge in [0.05, 0.1) is 13.2 Å². The van der Waals surface area contributed by atoms with Crippen LogP contribution in [0.25, 0.3) is 6.08 Å². The zero-order valence-electron chi connectivity index (χ0n) is 18.7. The van der Waals surface area contributed by atoms with Crippen LogP contribution in [-0.4, -0.2) is 43.2 Å². The molecule has 0 bridgehead atoms. The average molecular weight is 423 g/mol. The number of carbonyl (C=O) groups is 1. The van der Waals surface area contributed by atoms with Crippen LogP contribution in [0, 0.1) is 0 Å². The van der Waals surface area contributed by atoms with Crippen LogP contribution in [0.3, 0.4) is 0 Å². The van der Waals surface area contributed by atoms with E-state index in [1.54, 1.807) is 6.08 Å². The number of piperidine rings is 1. The van der Waals surface area contributed by atoms with Gasteiger partial charge in [-0.1, -0.05) is 43.3 Å². The Kier molecular flexibility index (Phi) is 8.98. The molecule has 1 amide bonds. The summed E-state index contributed by atoms with van der Waals surface area (Å²) in [6, 6.07) is 16.5. The average Bonchev–Trinajstić information content (AvgIpc) is 2.79. The topological polar surface area (TPSA) is 50.8 Å². The Morgan fingerprint density at radius 3 is 2.55 bits per heavy atom. The van der Waals surface area contributed by atoms with E-state index in [0.717, 1.165) is 50.2 Å². The van der Waals surface area contributed by atoms with Crippen molar-refractivity contribution >= 4 is 12.0 Å². The number of hydrogen-bond donors (Lipinski definition) is 1. The summed E-state index contributed by atoms with van der Waals surface area (Å²) in [5.41, 5.74) is 2.26. The Morgan fingerprint density at radius 1 is 1.06 bits per heavy atom. The highest BCUT2D eigenvalue weighted by Gasteiger charge is 2.20. The Morgan fingerprint density at radius 2 is 1.84 bits per heavy atom. The number of carbonyl (C=O) groups excluding carboxylic acids is 1. The molecule has 0 radical (unpaired) electrons. The van der Waals surface area contributed by atoms with Crippen LogP contribution in [0.5, 0.6) is 11.5 Å². The maximum atomic E-state index is 12.4. The van der Waals surface area contributed by atoms with Crippen molar-refractivity contribution in [2.24, 2.45) is 0 Å². The molecule has 0 saturated carbocycles. The number of benzene rings is 2. The number of hydrogen-bond acceptors (Lipinski definition) is 4. The minimum Gasteiger partial charge on any atom is -0.490 e. The molecule has 0 aliphatic carbocycles. The number of amides is 1. The van der Waals surface area contributed by atoms with Crippen molar-refractivity contribution in [1.82, 2.24) is 10.2 Å². The van der Waals surface area contributed by atoms with Gasteiger partial charge in [-0.25, -0.2) is 0 Å². The van der Waals surface area contributed by atoms with E-state index in [9.17, 15) is 4.79 Å². The van der Waals surface area contributed by atoms with E-state index < -0.39 is 0 Å². The lowest BCUT2D eigenvalue weighted by Gasteiger charge is -2.32. The second-order valence-corrected chi connectivity index (χ2v) is 7.87. The molecule has 2 aromatic carbocycles. The van der Waals surface area contributed by atoms with Gasteiger partial charge in [0.25, 0.3) is 0 Å². The summed E-state index contributed by atoms with van der Waals surface area (Å²) < 4.78 is 11.4. The van der Waals surface area contributed by atoms with Gasteiger partial charge in [-0.3, -0.25) is 9.69 Å². The van der Waals surface area contributed by atoms with Crippen LogP contribution in [0.4, 0.5) is 0 Å². The van der Waals surface area contributed by atoms with Gasteiger partial charge in [-0.15, -0.1) is 0 Å². The highest BCUT2D eigenvalue weighted by molar-refractivity contribution is 5.92. The van der Waals surface area contributed by atoms with E-state index in [2.05, 4.69) is 41.4 Å². The molecule has 1 saturated heterocycles. The van der Waals surface area contributed by atoms with Gasteiger partial charge in [-0.2, -0.15) is 0 Å². The summed E-state index contributed by atoms with van der Waals surface area (Å²) in [4.78, 5) is 14.9. The predicted octanol–water partition coefficient (Wildman–Crippen LogP) is 4.67. The first kappa shape index (κ1) is 22.9. The summed E-state index contributed by atoms with van der Waals surface area (Å²) in [6.07, 6.45) is 6.33. The monoisotopic (exact) mass is 422 g/mol. The maximum Gasteiger partial charge on any atom is 0.244 e. The molecular formula is C26H34N2O3. The minimum absolute atomic E-state index is 0.0502. The Balaban J connectivity index is 1.47. The summed E-state index contributed by atoms with van der Waals surface area (Å²) in [5.74, 6) is 1.41.